The first-order chi connectivity index (χ1) is 9.31. The van der Waals surface area contributed by atoms with Crippen LogP contribution in [0.25, 0.3) is 6.08 Å². The van der Waals surface area contributed by atoms with Crippen LogP contribution in [-0.2, 0) is 4.74 Å². The van der Waals surface area contributed by atoms with Crippen LogP contribution in [0, 0.1) is 5.82 Å². The van der Waals surface area contributed by atoms with Crippen molar-refractivity contribution in [2.45, 2.75) is 26.4 Å². The Morgan fingerprint density at radius 2 is 2.10 bits per heavy atom. The number of alkyl carbamates (subject to hydrolysis) is 1. The zero-order valence-corrected chi connectivity index (χ0v) is 11.8. The van der Waals surface area contributed by atoms with Gasteiger partial charge in [-0.05, 0) is 39.0 Å². The van der Waals surface area contributed by atoms with Gasteiger partial charge in [0.15, 0.2) is 0 Å². The van der Waals surface area contributed by atoms with Gasteiger partial charge in [-0.25, -0.2) is 9.18 Å². The van der Waals surface area contributed by atoms with Crippen LogP contribution in [0.2, 0.25) is 0 Å². The van der Waals surface area contributed by atoms with Crippen molar-refractivity contribution in [2.75, 3.05) is 6.54 Å². The fraction of sp³-hybridized carbons (Fsp3) is 0.333. The summed E-state index contributed by atoms with van der Waals surface area (Å²) in [5, 5.41) is 2.52. The summed E-state index contributed by atoms with van der Waals surface area (Å²) in [4.78, 5) is 22.0. The molecule has 0 saturated heterocycles. The lowest BCUT2D eigenvalue weighted by atomic mass is 10.1. The summed E-state index contributed by atoms with van der Waals surface area (Å²) in [6.07, 6.45) is 3.19. The van der Waals surface area contributed by atoms with Gasteiger partial charge in [0.2, 0.25) is 0 Å². The number of aldehydes is 1. The minimum Gasteiger partial charge on any atom is -0.444 e. The van der Waals surface area contributed by atoms with E-state index in [2.05, 4.69) is 5.32 Å². The maximum atomic E-state index is 13.4. The average Bonchev–Trinajstić information content (AvgIpc) is 2.34. The van der Waals surface area contributed by atoms with E-state index in [9.17, 15) is 14.0 Å². The third-order valence-corrected chi connectivity index (χ3v) is 2.22. The molecule has 0 aliphatic carbocycles. The normalized spacial score (nSPS) is 11.4. The molecule has 20 heavy (non-hydrogen) atoms. The predicted molar refractivity (Wildman–Crippen MR) is 75.1 cm³/mol. The number of rotatable bonds is 4. The Morgan fingerprint density at radius 3 is 2.70 bits per heavy atom. The van der Waals surface area contributed by atoms with E-state index in [0.29, 0.717) is 17.4 Å². The number of ether oxygens (including phenoxy) is 1. The summed E-state index contributed by atoms with van der Waals surface area (Å²) in [7, 11) is 0. The van der Waals surface area contributed by atoms with E-state index in [1.54, 1.807) is 26.8 Å². The first kappa shape index (κ1) is 15.9. The van der Waals surface area contributed by atoms with Gasteiger partial charge in [0, 0.05) is 17.7 Å². The van der Waals surface area contributed by atoms with Crippen LogP contribution in [0.15, 0.2) is 24.3 Å². The van der Waals surface area contributed by atoms with E-state index in [0.717, 1.165) is 0 Å². The Hall–Kier alpha value is -2.17. The van der Waals surface area contributed by atoms with Crippen LogP contribution < -0.4 is 5.32 Å². The number of hydrogen-bond acceptors (Lipinski definition) is 3. The Morgan fingerprint density at radius 1 is 1.40 bits per heavy atom. The maximum absolute atomic E-state index is 13.4. The Balaban J connectivity index is 2.53. The molecule has 1 amide bonds. The number of hydrogen-bond donors (Lipinski definition) is 1. The quantitative estimate of drug-likeness (QED) is 0.861. The number of halogens is 1. The molecule has 0 heterocycles. The maximum Gasteiger partial charge on any atom is 0.407 e. The second kappa shape index (κ2) is 6.84. The van der Waals surface area contributed by atoms with E-state index in [-0.39, 0.29) is 6.54 Å². The molecule has 1 aromatic carbocycles. The number of amides is 1. The molecule has 0 aliphatic rings. The fourth-order valence-corrected chi connectivity index (χ4v) is 1.41. The second-order valence-electron chi connectivity index (χ2n) is 5.18. The molecule has 0 unspecified atom stereocenters. The molecule has 5 heteroatoms. The second-order valence-corrected chi connectivity index (χ2v) is 5.18. The summed E-state index contributed by atoms with van der Waals surface area (Å²) in [5.74, 6) is -0.427. The number of carbonyl (C=O) groups is 2. The first-order valence-electron chi connectivity index (χ1n) is 6.20. The van der Waals surface area contributed by atoms with Crippen molar-refractivity contribution >= 4 is 18.5 Å². The van der Waals surface area contributed by atoms with Crippen molar-refractivity contribution < 1.29 is 18.7 Å². The molecule has 0 aliphatic heterocycles. The van der Waals surface area contributed by atoms with Gasteiger partial charge in [0.1, 0.15) is 17.7 Å². The molecule has 0 saturated carbocycles. The van der Waals surface area contributed by atoms with Gasteiger partial charge in [0.25, 0.3) is 0 Å². The van der Waals surface area contributed by atoms with Gasteiger partial charge in [-0.1, -0.05) is 12.2 Å². The fourth-order valence-electron chi connectivity index (χ4n) is 1.41. The van der Waals surface area contributed by atoms with Crippen LogP contribution in [0.5, 0.6) is 0 Å². The molecule has 4 nitrogen and oxygen atoms in total. The minimum atomic E-state index is -0.557. The van der Waals surface area contributed by atoms with Crippen molar-refractivity contribution in [1.82, 2.24) is 5.32 Å². The molecule has 0 radical (unpaired) electrons. The average molecular weight is 279 g/mol. The molecule has 0 bridgehead atoms. The Bertz CT molecular complexity index is 518. The lowest BCUT2D eigenvalue weighted by Gasteiger charge is -2.19. The summed E-state index contributed by atoms with van der Waals surface area (Å²) in [6, 6.07) is 4.07. The van der Waals surface area contributed by atoms with Crippen molar-refractivity contribution in [3.63, 3.8) is 0 Å². The first-order valence-corrected chi connectivity index (χ1v) is 6.20. The van der Waals surface area contributed by atoms with Gasteiger partial charge in [-0.2, -0.15) is 0 Å². The van der Waals surface area contributed by atoms with Crippen LogP contribution in [0.1, 0.15) is 36.7 Å². The topological polar surface area (TPSA) is 55.4 Å². The molecular formula is C15H18FNO3. The lowest BCUT2D eigenvalue weighted by molar-refractivity contribution is 0.0534. The number of carbonyl (C=O) groups excluding carboxylic acids is 2. The molecule has 0 atom stereocenters. The van der Waals surface area contributed by atoms with Crippen LogP contribution in [0.4, 0.5) is 9.18 Å². The smallest absolute Gasteiger partial charge is 0.407 e. The van der Waals surface area contributed by atoms with Crippen molar-refractivity contribution in [3.05, 3.63) is 41.2 Å². The zero-order valence-electron chi connectivity index (χ0n) is 11.8. The van der Waals surface area contributed by atoms with E-state index in [4.69, 9.17) is 4.74 Å². The van der Waals surface area contributed by atoms with E-state index in [1.165, 1.54) is 24.3 Å². The monoisotopic (exact) mass is 279 g/mol. The van der Waals surface area contributed by atoms with Crippen LogP contribution >= 0.6 is 0 Å². The molecule has 0 aromatic heterocycles. The van der Waals surface area contributed by atoms with E-state index >= 15 is 0 Å². The molecule has 1 rings (SSSR count). The largest absolute Gasteiger partial charge is 0.444 e. The Kier molecular flexibility index (Phi) is 5.43. The summed E-state index contributed by atoms with van der Waals surface area (Å²) in [6.45, 7) is 5.51. The molecule has 0 fully saturated rings. The third-order valence-electron chi connectivity index (χ3n) is 2.22. The molecule has 1 aromatic rings. The SMILES string of the molecule is CC(C)(C)OC(=O)NCC=Cc1cc(C=O)ccc1F. The molecule has 0 spiro atoms. The van der Waals surface area contributed by atoms with Crippen molar-refractivity contribution in [2.24, 2.45) is 0 Å². The van der Waals surface area contributed by atoms with Gasteiger partial charge in [-0.15, -0.1) is 0 Å². The van der Waals surface area contributed by atoms with Crippen molar-refractivity contribution in [3.8, 4) is 0 Å². The summed E-state index contributed by atoms with van der Waals surface area (Å²) < 4.78 is 18.5. The Labute approximate surface area is 117 Å². The highest BCUT2D eigenvalue weighted by molar-refractivity contribution is 5.76. The highest BCUT2D eigenvalue weighted by Crippen LogP contribution is 2.11. The van der Waals surface area contributed by atoms with Gasteiger partial charge < -0.3 is 10.1 Å². The highest BCUT2D eigenvalue weighted by atomic mass is 19.1. The number of nitrogens with one attached hydrogen (secondary N) is 1. The van der Waals surface area contributed by atoms with Crippen LogP contribution in [-0.4, -0.2) is 24.5 Å². The van der Waals surface area contributed by atoms with E-state index < -0.39 is 17.5 Å². The van der Waals surface area contributed by atoms with Crippen LogP contribution in [0.3, 0.4) is 0 Å². The van der Waals surface area contributed by atoms with Gasteiger partial charge >= 0.3 is 6.09 Å². The molecule has 1 N–H and O–H groups in total. The summed E-state index contributed by atoms with van der Waals surface area (Å²) in [5.41, 5.74) is 0.129. The van der Waals surface area contributed by atoms with E-state index in [1.807, 2.05) is 0 Å². The molecule has 108 valence electrons. The summed E-state index contributed by atoms with van der Waals surface area (Å²) >= 11 is 0. The zero-order chi connectivity index (χ0) is 15.2. The minimum absolute atomic E-state index is 0.208. The van der Waals surface area contributed by atoms with Gasteiger partial charge in [0.05, 0.1) is 0 Å². The lowest BCUT2D eigenvalue weighted by Crippen LogP contribution is -2.32. The predicted octanol–water partition coefficient (Wildman–Crippen LogP) is 3.18. The highest BCUT2D eigenvalue weighted by Gasteiger charge is 2.14. The standard InChI is InChI=1S/C15H18FNO3/c1-15(2,3)20-14(19)17-8-4-5-12-9-11(10-18)6-7-13(12)16/h4-7,9-10H,8H2,1-3H3,(H,17,19). The van der Waals surface area contributed by atoms with Gasteiger partial charge in [-0.3, -0.25) is 4.79 Å². The van der Waals surface area contributed by atoms with Crippen molar-refractivity contribution in [1.29, 1.82) is 0 Å². The third kappa shape index (κ3) is 5.65. The number of benzene rings is 1. The molecular weight excluding hydrogens is 261 g/mol.